The Bertz CT molecular complexity index is 667. The van der Waals surface area contributed by atoms with Gasteiger partial charge in [-0.2, -0.15) is 0 Å². The topological polar surface area (TPSA) is 145 Å². The predicted molar refractivity (Wildman–Crippen MR) is 94.6 cm³/mol. The largest absolute Gasteiger partial charge is 0.477 e. The van der Waals surface area contributed by atoms with Crippen LogP contribution in [0.3, 0.4) is 0 Å². The molecule has 3 aliphatic rings. The highest BCUT2D eigenvalue weighted by Gasteiger charge is 2.60. The number of hydrogen-bond donors (Lipinski definition) is 5. The maximum absolute atomic E-state index is 12.3. The Morgan fingerprint density at radius 2 is 2.19 bits per heavy atom. The number of nitrogens with two attached hydrogens (primary N) is 1. The van der Waals surface area contributed by atoms with Crippen LogP contribution in [-0.2, 0) is 14.4 Å². The summed E-state index contributed by atoms with van der Waals surface area (Å²) in [6.07, 6.45) is -0.370. The maximum Gasteiger partial charge on any atom is 0.353 e. The third kappa shape index (κ3) is 3.11. The summed E-state index contributed by atoms with van der Waals surface area (Å²) >= 11 is 1.44. The van der Waals surface area contributed by atoms with Crippen LogP contribution < -0.4 is 16.4 Å². The molecule has 3 aliphatic heterocycles. The van der Waals surface area contributed by atoms with Gasteiger partial charge in [0.15, 0.2) is 0 Å². The maximum atomic E-state index is 12.3. The van der Waals surface area contributed by atoms with E-state index in [9.17, 15) is 24.6 Å². The molecule has 0 spiro atoms. The number of amides is 2. The number of carboxylic acid groups (broad SMARTS) is 1. The van der Waals surface area contributed by atoms with Crippen LogP contribution in [0.25, 0.3) is 0 Å². The monoisotopic (exact) mass is 384 g/mol. The van der Waals surface area contributed by atoms with Gasteiger partial charge in [-0.15, -0.1) is 11.8 Å². The van der Waals surface area contributed by atoms with Gasteiger partial charge < -0.3 is 26.2 Å². The summed E-state index contributed by atoms with van der Waals surface area (Å²) in [4.78, 5) is 37.5. The molecule has 0 bridgehead atoms. The second-order valence-electron chi connectivity index (χ2n) is 6.98. The van der Waals surface area contributed by atoms with Crippen molar-refractivity contribution in [2.45, 2.75) is 43.8 Å². The molecule has 26 heavy (non-hydrogen) atoms. The molecule has 0 aromatic heterocycles. The third-order valence-corrected chi connectivity index (χ3v) is 6.73. The van der Waals surface area contributed by atoms with E-state index in [1.54, 1.807) is 6.92 Å². The summed E-state index contributed by atoms with van der Waals surface area (Å²) in [7, 11) is 0. The Morgan fingerprint density at radius 1 is 1.50 bits per heavy atom. The lowest BCUT2D eigenvalue weighted by Gasteiger charge is -2.46. The van der Waals surface area contributed by atoms with E-state index in [4.69, 9.17) is 5.73 Å². The summed E-state index contributed by atoms with van der Waals surface area (Å²) in [5, 5.41) is 25.5. The van der Waals surface area contributed by atoms with Gasteiger partial charge >= 0.3 is 5.97 Å². The first-order valence-corrected chi connectivity index (χ1v) is 9.52. The standard InChI is InChI=1S/C16H24N4O5S/c1-6-12-11(7(2)21)15(23)20(12)13(16(24)25)14(6)26-8-3-9(18-5-8)19-10(22)4-17/h6-9,11-12,18,21H,3-5,17H2,1-2H3,(H,19,22)(H,24,25)/t6-,7-,8+,9+,11-,12-/m1/s1. The number of hydrogen-bond acceptors (Lipinski definition) is 7. The van der Waals surface area contributed by atoms with Gasteiger partial charge in [0.1, 0.15) is 5.70 Å². The van der Waals surface area contributed by atoms with Gasteiger partial charge in [0, 0.05) is 22.6 Å². The van der Waals surface area contributed by atoms with Crippen molar-refractivity contribution in [1.29, 1.82) is 0 Å². The number of nitrogens with zero attached hydrogens (tertiary/aromatic N) is 1. The summed E-state index contributed by atoms with van der Waals surface area (Å²) in [5.41, 5.74) is 5.33. The Hall–Kier alpha value is -1.62. The van der Waals surface area contributed by atoms with E-state index in [1.165, 1.54) is 16.7 Å². The molecule has 0 unspecified atom stereocenters. The van der Waals surface area contributed by atoms with Gasteiger partial charge in [0.05, 0.1) is 30.8 Å². The number of aliphatic hydroxyl groups excluding tert-OH is 1. The van der Waals surface area contributed by atoms with E-state index < -0.39 is 18.0 Å². The highest BCUT2D eigenvalue weighted by atomic mass is 32.2. The van der Waals surface area contributed by atoms with Crippen molar-refractivity contribution in [1.82, 2.24) is 15.5 Å². The molecule has 3 heterocycles. The molecule has 6 atom stereocenters. The van der Waals surface area contributed by atoms with Crippen molar-refractivity contribution in [2.24, 2.45) is 17.6 Å². The number of carbonyl (C=O) groups excluding carboxylic acids is 2. The number of nitrogens with one attached hydrogen (secondary N) is 2. The number of rotatable bonds is 6. The van der Waals surface area contributed by atoms with Crippen LogP contribution >= 0.6 is 11.8 Å². The molecule has 0 aliphatic carbocycles. The van der Waals surface area contributed by atoms with E-state index >= 15 is 0 Å². The van der Waals surface area contributed by atoms with Crippen LogP contribution in [0.2, 0.25) is 0 Å². The van der Waals surface area contributed by atoms with E-state index in [1.807, 2.05) is 6.92 Å². The summed E-state index contributed by atoms with van der Waals surface area (Å²) in [6, 6.07) is -0.307. The van der Waals surface area contributed by atoms with E-state index in [-0.39, 0.29) is 47.4 Å². The molecule has 3 rings (SSSR count). The fourth-order valence-corrected chi connectivity index (χ4v) is 5.49. The highest BCUT2D eigenvalue weighted by molar-refractivity contribution is 8.03. The number of carboxylic acids is 1. The fourth-order valence-electron chi connectivity index (χ4n) is 4.01. The molecule has 10 heteroatoms. The minimum atomic E-state index is -1.13. The van der Waals surface area contributed by atoms with Crippen LogP contribution in [0.1, 0.15) is 20.3 Å². The van der Waals surface area contributed by atoms with Gasteiger partial charge in [0.25, 0.3) is 0 Å². The Kier molecular flexibility index (Phi) is 5.29. The first-order valence-electron chi connectivity index (χ1n) is 8.64. The molecular formula is C16H24N4O5S. The molecule has 0 aromatic rings. The first kappa shape index (κ1) is 19.2. The third-order valence-electron chi connectivity index (χ3n) is 5.22. The number of aliphatic carboxylic acids is 1. The molecule has 2 saturated heterocycles. The van der Waals surface area contributed by atoms with E-state index in [0.717, 1.165) is 0 Å². The Morgan fingerprint density at radius 3 is 2.77 bits per heavy atom. The lowest BCUT2D eigenvalue weighted by molar-refractivity contribution is -0.163. The molecule has 9 nitrogen and oxygen atoms in total. The van der Waals surface area contributed by atoms with Gasteiger partial charge in [0.2, 0.25) is 11.8 Å². The van der Waals surface area contributed by atoms with E-state index in [2.05, 4.69) is 10.6 Å². The van der Waals surface area contributed by atoms with Crippen LogP contribution in [0, 0.1) is 11.8 Å². The summed E-state index contributed by atoms with van der Waals surface area (Å²) in [6.45, 7) is 3.99. The van der Waals surface area contributed by atoms with Gasteiger partial charge in [-0.1, -0.05) is 6.92 Å². The molecule has 0 aromatic carbocycles. The smallest absolute Gasteiger partial charge is 0.353 e. The fraction of sp³-hybridized carbons (Fsp3) is 0.688. The first-order chi connectivity index (χ1) is 12.3. The second-order valence-corrected chi connectivity index (χ2v) is 8.32. The number of thioether (sulfide) groups is 1. The molecule has 6 N–H and O–H groups in total. The molecule has 2 amide bonds. The summed E-state index contributed by atoms with van der Waals surface area (Å²) in [5.74, 6) is -2.42. The number of aliphatic hydroxyl groups is 1. The molecule has 0 radical (unpaired) electrons. The average Bonchev–Trinajstić information content (AvgIpc) is 3.09. The zero-order valence-corrected chi connectivity index (χ0v) is 15.5. The van der Waals surface area contributed by atoms with Crippen molar-refractivity contribution < 1.29 is 24.6 Å². The second kappa shape index (κ2) is 7.18. The number of β-lactam (4-membered cyclic amide) rings is 1. The molecule has 144 valence electrons. The summed E-state index contributed by atoms with van der Waals surface area (Å²) < 4.78 is 0. The minimum Gasteiger partial charge on any atom is -0.477 e. The van der Waals surface area contributed by atoms with Crippen molar-refractivity contribution in [2.75, 3.05) is 13.1 Å². The van der Waals surface area contributed by atoms with Gasteiger partial charge in [-0.3, -0.25) is 14.9 Å². The van der Waals surface area contributed by atoms with Crippen LogP contribution in [0.15, 0.2) is 10.6 Å². The molecule has 0 saturated carbocycles. The normalized spacial score (nSPS) is 34.5. The average molecular weight is 384 g/mol. The zero-order valence-electron chi connectivity index (χ0n) is 14.6. The van der Waals surface area contributed by atoms with Crippen molar-refractivity contribution >= 4 is 29.5 Å². The highest BCUT2D eigenvalue weighted by Crippen LogP contribution is 2.51. The SMILES string of the molecule is C[C@@H](O)[C@H]1C(=O)N2C(C(=O)O)=C(S[C@@H]3CN[C@@H](NC(=O)CN)C3)[C@H](C)[C@H]12. The van der Waals surface area contributed by atoms with E-state index in [0.29, 0.717) is 17.9 Å². The van der Waals surface area contributed by atoms with Crippen LogP contribution in [0.5, 0.6) is 0 Å². The van der Waals surface area contributed by atoms with Gasteiger partial charge in [-0.05, 0) is 13.3 Å². The number of fused-ring (bicyclic) bond motifs is 1. The quantitative estimate of drug-likeness (QED) is 0.353. The molecule has 2 fully saturated rings. The Labute approximate surface area is 155 Å². The van der Waals surface area contributed by atoms with Gasteiger partial charge in [-0.25, -0.2) is 4.79 Å². The van der Waals surface area contributed by atoms with Crippen molar-refractivity contribution in [3.05, 3.63) is 10.6 Å². The lowest BCUT2D eigenvalue weighted by Crippen LogP contribution is -2.63. The van der Waals surface area contributed by atoms with Crippen molar-refractivity contribution in [3.63, 3.8) is 0 Å². The predicted octanol–water partition coefficient (Wildman–Crippen LogP) is -1.36. The zero-order chi connectivity index (χ0) is 19.2. The lowest BCUT2D eigenvalue weighted by atomic mass is 9.79. The minimum absolute atomic E-state index is 0.0313. The number of carbonyl (C=O) groups is 3. The van der Waals surface area contributed by atoms with Crippen molar-refractivity contribution in [3.8, 4) is 0 Å². The molecular weight excluding hydrogens is 360 g/mol. The van der Waals surface area contributed by atoms with Crippen LogP contribution in [0.4, 0.5) is 0 Å². The Balaban J connectivity index is 1.74. The van der Waals surface area contributed by atoms with Crippen LogP contribution in [-0.4, -0.2) is 69.5 Å².